The molecule has 2 aromatic rings. The molecule has 0 aliphatic carbocycles. The number of likely N-dealkylation sites (tertiary alicyclic amines) is 1. The van der Waals surface area contributed by atoms with Crippen LogP contribution in [0, 0.1) is 6.92 Å². The van der Waals surface area contributed by atoms with Gasteiger partial charge in [0.05, 0.1) is 6.20 Å². The molecule has 1 aliphatic heterocycles. The highest BCUT2D eigenvalue weighted by Gasteiger charge is 2.26. The lowest BCUT2D eigenvalue weighted by Gasteiger charge is -2.31. The van der Waals surface area contributed by atoms with E-state index < -0.39 is 0 Å². The third-order valence-electron chi connectivity index (χ3n) is 3.84. The summed E-state index contributed by atoms with van der Waals surface area (Å²) >= 11 is 0. The van der Waals surface area contributed by atoms with Crippen LogP contribution in [0.3, 0.4) is 0 Å². The van der Waals surface area contributed by atoms with Crippen LogP contribution in [-0.2, 0) is 0 Å². The number of H-pyrrole nitrogens is 1. The van der Waals surface area contributed by atoms with Crippen molar-refractivity contribution in [2.45, 2.75) is 25.9 Å². The number of amides is 1. The van der Waals surface area contributed by atoms with Crippen LogP contribution in [0.5, 0.6) is 5.88 Å². The number of aromatic amines is 1. The maximum atomic E-state index is 12.4. The summed E-state index contributed by atoms with van der Waals surface area (Å²) in [5, 5.41) is 0. The normalized spacial score (nSPS) is 15.4. The van der Waals surface area contributed by atoms with E-state index in [9.17, 15) is 9.59 Å². The highest BCUT2D eigenvalue weighted by atomic mass is 16.5. The zero-order chi connectivity index (χ0) is 16.2. The first-order valence-electron chi connectivity index (χ1n) is 7.55. The molecular weight excluding hydrogens is 296 g/mol. The van der Waals surface area contributed by atoms with Crippen LogP contribution < -0.4 is 10.3 Å². The van der Waals surface area contributed by atoms with Crippen molar-refractivity contribution >= 4 is 5.91 Å². The zero-order valence-electron chi connectivity index (χ0n) is 12.9. The van der Waals surface area contributed by atoms with Gasteiger partial charge in [0.15, 0.2) is 0 Å². The van der Waals surface area contributed by atoms with Crippen LogP contribution in [0.15, 0.2) is 35.5 Å². The standard InChI is InChI=1S/C16H18N4O3/c1-11-2-3-13(15(21)19-11)16(22)20-8-4-12(5-9-20)23-14-10-17-6-7-18-14/h2-3,6-7,10,12H,4-5,8-9H2,1H3,(H,19,21). The van der Waals surface area contributed by atoms with Gasteiger partial charge in [-0.05, 0) is 19.1 Å². The number of carbonyl (C=O) groups excluding carboxylic acids is 1. The minimum absolute atomic E-state index is 0.00653. The Morgan fingerprint density at radius 3 is 2.74 bits per heavy atom. The Morgan fingerprint density at radius 2 is 2.09 bits per heavy atom. The Labute approximate surface area is 133 Å². The van der Waals surface area contributed by atoms with Crippen molar-refractivity contribution < 1.29 is 9.53 Å². The van der Waals surface area contributed by atoms with Gasteiger partial charge < -0.3 is 14.6 Å². The first-order valence-corrected chi connectivity index (χ1v) is 7.55. The number of carbonyl (C=O) groups is 1. The number of hydrogen-bond donors (Lipinski definition) is 1. The summed E-state index contributed by atoms with van der Waals surface area (Å²) in [6.07, 6.45) is 6.15. The van der Waals surface area contributed by atoms with E-state index in [1.165, 1.54) is 0 Å². The quantitative estimate of drug-likeness (QED) is 0.918. The molecule has 0 saturated carbocycles. The minimum Gasteiger partial charge on any atom is -0.473 e. The van der Waals surface area contributed by atoms with E-state index in [1.54, 1.807) is 42.5 Å². The lowest BCUT2D eigenvalue weighted by molar-refractivity contribution is 0.0585. The monoisotopic (exact) mass is 314 g/mol. The van der Waals surface area contributed by atoms with Gasteiger partial charge >= 0.3 is 0 Å². The van der Waals surface area contributed by atoms with Crippen LogP contribution in [0.1, 0.15) is 28.9 Å². The van der Waals surface area contributed by atoms with E-state index in [4.69, 9.17) is 4.74 Å². The van der Waals surface area contributed by atoms with Gasteiger partial charge in [-0.3, -0.25) is 14.6 Å². The molecule has 0 atom stereocenters. The predicted octanol–water partition coefficient (Wildman–Crippen LogP) is 1.16. The molecule has 1 amide bonds. The molecule has 2 aromatic heterocycles. The summed E-state index contributed by atoms with van der Waals surface area (Å²) in [5.41, 5.74) is 0.583. The first kappa shape index (κ1) is 15.2. The van der Waals surface area contributed by atoms with Crippen LogP contribution >= 0.6 is 0 Å². The summed E-state index contributed by atoms with van der Waals surface area (Å²) in [6, 6.07) is 3.32. The van der Waals surface area contributed by atoms with Crippen molar-refractivity contribution in [3.63, 3.8) is 0 Å². The van der Waals surface area contributed by atoms with Crippen molar-refractivity contribution in [2.24, 2.45) is 0 Å². The lowest BCUT2D eigenvalue weighted by Crippen LogP contribution is -2.43. The van der Waals surface area contributed by atoms with Crippen molar-refractivity contribution in [1.29, 1.82) is 0 Å². The van der Waals surface area contributed by atoms with Gasteiger partial charge in [-0.15, -0.1) is 0 Å². The van der Waals surface area contributed by atoms with E-state index in [2.05, 4.69) is 15.0 Å². The van der Waals surface area contributed by atoms with E-state index in [-0.39, 0.29) is 23.1 Å². The van der Waals surface area contributed by atoms with Gasteiger partial charge in [-0.1, -0.05) is 0 Å². The lowest BCUT2D eigenvalue weighted by atomic mass is 10.1. The highest BCUT2D eigenvalue weighted by Crippen LogP contribution is 2.17. The molecular formula is C16H18N4O3. The number of aryl methyl sites for hydroxylation is 1. The number of pyridine rings is 1. The van der Waals surface area contributed by atoms with Crippen LogP contribution in [-0.4, -0.2) is 45.0 Å². The maximum Gasteiger partial charge on any atom is 0.260 e. The van der Waals surface area contributed by atoms with Crippen molar-refractivity contribution in [2.75, 3.05) is 13.1 Å². The Kier molecular flexibility index (Phi) is 4.36. The SMILES string of the molecule is Cc1ccc(C(=O)N2CCC(Oc3cnccn3)CC2)c(=O)[nH]1. The molecule has 7 nitrogen and oxygen atoms in total. The number of hydrogen-bond acceptors (Lipinski definition) is 5. The number of rotatable bonds is 3. The topological polar surface area (TPSA) is 88.2 Å². The Hall–Kier alpha value is -2.70. The predicted molar refractivity (Wildman–Crippen MR) is 83.4 cm³/mol. The smallest absolute Gasteiger partial charge is 0.260 e. The van der Waals surface area contributed by atoms with Gasteiger partial charge in [-0.25, -0.2) is 4.98 Å². The Bertz CT molecular complexity index is 736. The average Bonchev–Trinajstić information content (AvgIpc) is 2.56. The second kappa shape index (κ2) is 6.60. The molecule has 3 rings (SSSR count). The third kappa shape index (κ3) is 3.56. The van der Waals surface area contributed by atoms with Crippen molar-refractivity contribution in [3.05, 3.63) is 52.3 Å². The van der Waals surface area contributed by atoms with Crippen molar-refractivity contribution in [3.8, 4) is 5.88 Å². The van der Waals surface area contributed by atoms with Gasteiger partial charge in [0, 0.05) is 44.0 Å². The molecule has 1 saturated heterocycles. The van der Waals surface area contributed by atoms with E-state index in [0.29, 0.717) is 31.8 Å². The second-order valence-corrected chi connectivity index (χ2v) is 5.54. The first-order chi connectivity index (χ1) is 11.1. The number of ether oxygens (including phenoxy) is 1. The summed E-state index contributed by atoms with van der Waals surface area (Å²) in [7, 11) is 0. The molecule has 0 aromatic carbocycles. The Balaban J connectivity index is 1.60. The number of nitrogens with zero attached hydrogens (tertiary/aromatic N) is 3. The number of aromatic nitrogens is 3. The number of piperidine rings is 1. The molecule has 1 fully saturated rings. The van der Waals surface area contributed by atoms with Crippen LogP contribution in [0.25, 0.3) is 0 Å². The van der Waals surface area contributed by atoms with Crippen LogP contribution in [0.2, 0.25) is 0 Å². The zero-order valence-corrected chi connectivity index (χ0v) is 12.9. The largest absolute Gasteiger partial charge is 0.473 e. The highest BCUT2D eigenvalue weighted by molar-refractivity contribution is 5.93. The van der Waals surface area contributed by atoms with E-state index in [1.807, 2.05) is 0 Å². The molecule has 0 unspecified atom stereocenters. The van der Waals surface area contributed by atoms with Crippen LogP contribution in [0.4, 0.5) is 0 Å². The molecule has 3 heterocycles. The summed E-state index contributed by atoms with van der Waals surface area (Å²) in [6.45, 7) is 2.89. The fourth-order valence-corrected chi connectivity index (χ4v) is 2.60. The molecule has 0 bridgehead atoms. The van der Waals surface area contributed by atoms with E-state index in [0.717, 1.165) is 5.69 Å². The molecule has 7 heteroatoms. The molecule has 1 N–H and O–H groups in total. The molecule has 0 radical (unpaired) electrons. The summed E-state index contributed by atoms with van der Waals surface area (Å²) < 4.78 is 5.75. The molecule has 1 aliphatic rings. The van der Waals surface area contributed by atoms with Gasteiger partial charge in [0.25, 0.3) is 11.5 Å². The van der Waals surface area contributed by atoms with Gasteiger partial charge in [0.2, 0.25) is 5.88 Å². The summed E-state index contributed by atoms with van der Waals surface area (Å²) in [4.78, 5) is 36.7. The molecule has 120 valence electrons. The third-order valence-corrected chi connectivity index (χ3v) is 3.84. The fourth-order valence-electron chi connectivity index (χ4n) is 2.60. The molecule has 23 heavy (non-hydrogen) atoms. The second-order valence-electron chi connectivity index (χ2n) is 5.54. The maximum absolute atomic E-state index is 12.4. The summed E-state index contributed by atoms with van der Waals surface area (Å²) in [5.74, 6) is 0.261. The average molecular weight is 314 g/mol. The molecule has 0 spiro atoms. The van der Waals surface area contributed by atoms with Crippen molar-refractivity contribution in [1.82, 2.24) is 19.9 Å². The van der Waals surface area contributed by atoms with Gasteiger partial charge in [-0.2, -0.15) is 0 Å². The van der Waals surface area contributed by atoms with Gasteiger partial charge in [0.1, 0.15) is 11.7 Å². The minimum atomic E-state index is -0.340. The fraction of sp³-hybridized carbons (Fsp3) is 0.375. The van der Waals surface area contributed by atoms with E-state index >= 15 is 0 Å². The Morgan fingerprint density at radius 1 is 1.30 bits per heavy atom. The number of nitrogens with one attached hydrogen (secondary N) is 1.